The van der Waals surface area contributed by atoms with Gasteiger partial charge in [0.15, 0.2) is 5.84 Å². The number of halogens is 3. The SMILES string of the molecule is CN(CC(C(N)=NO)C(F)(F)F)C1CC1. The normalized spacial score (nSPS) is 20.7. The molecule has 0 aromatic heterocycles. The van der Waals surface area contributed by atoms with Crippen LogP contribution in [-0.2, 0) is 0 Å². The molecule has 1 unspecified atom stereocenters. The van der Waals surface area contributed by atoms with Crippen LogP contribution in [0.2, 0.25) is 0 Å². The number of hydrogen-bond donors (Lipinski definition) is 2. The van der Waals surface area contributed by atoms with Crippen molar-refractivity contribution in [2.24, 2.45) is 16.8 Å². The molecule has 0 aliphatic heterocycles. The van der Waals surface area contributed by atoms with E-state index in [0.29, 0.717) is 0 Å². The molecule has 1 atom stereocenters. The summed E-state index contributed by atoms with van der Waals surface area (Å²) in [5.41, 5.74) is 5.03. The van der Waals surface area contributed by atoms with Gasteiger partial charge in [0, 0.05) is 12.6 Å². The molecule has 1 aliphatic rings. The fraction of sp³-hybridized carbons (Fsp3) is 0.875. The third-order valence-corrected chi connectivity index (χ3v) is 2.51. The van der Waals surface area contributed by atoms with Crippen LogP contribution in [0.25, 0.3) is 0 Å². The zero-order valence-corrected chi connectivity index (χ0v) is 8.33. The molecule has 0 aromatic carbocycles. The molecular weight excluding hydrogens is 211 g/mol. The minimum absolute atomic E-state index is 0.210. The van der Waals surface area contributed by atoms with Gasteiger partial charge in [-0.3, -0.25) is 0 Å². The van der Waals surface area contributed by atoms with Gasteiger partial charge in [0.1, 0.15) is 5.92 Å². The Morgan fingerprint density at radius 1 is 1.60 bits per heavy atom. The van der Waals surface area contributed by atoms with E-state index in [1.54, 1.807) is 11.9 Å². The van der Waals surface area contributed by atoms with Crippen molar-refractivity contribution < 1.29 is 18.4 Å². The average Bonchev–Trinajstić information content (AvgIpc) is 2.93. The highest BCUT2D eigenvalue weighted by Crippen LogP contribution is 2.31. The number of hydrogen-bond acceptors (Lipinski definition) is 3. The van der Waals surface area contributed by atoms with E-state index in [2.05, 4.69) is 5.16 Å². The maximum Gasteiger partial charge on any atom is 0.400 e. The second-order valence-electron chi connectivity index (χ2n) is 3.79. The Bertz CT molecular complexity index is 250. The van der Waals surface area contributed by atoms with Gasteiger partial charge < -0.3 is 15.8 Å². The molecular formula is C8H14F3N3O. The van der Waals surface area contributed by atoms with Crippen LogP contribution in [0.1, 0.15) is 12.8 Å². The number of amidine groups is 1. The molecule has 0 saturated heterocycles. The first-order chi connectivity index (χ1) is 6.86. The van der Waals surface area contributed by atoms with Gasteiger partial charge in [-0.15, -0.1) is 0 Å². The molecule has 4 nitrogen and oxygen atoms in total. The summed E-state index contributed by atoms with van der Waals surface area (Å²) in [6.45, 7) is -0.260. The van der Waals surface area contributed by atoms with Crippen molar-refractivity contribution in [2.45, 2.75) is 25.1 Å². The molecule has 1 saturated carbocycles. The summed E-state index contributed by atoms with van der Waals surface area (Å²) in [5, 5.41) is 10.7. The first-order valence-corrected chi connectivity index (χ1v) is 4.60. The summed E-state index contributed by atoms with van der Waals surface area (Å²) in [5.74, 6) is -2.68. The summed E-state index contributed by atoms with van der Waals surface area (Å²) in [6.07, 6.45) is -2.64. The van der Waals surface area contributed by atoms with E-state index in [1.165, 1.54) is 0 Å². The van der Waals surface area contributed by atoms with Gasteiger partial charge in [-0.05, 0) is 19.9 Å². The van der Waals surface area contributed by atoms with Crippen LogP contribution in [0.5, 0.6) is 0 Å². The van der Waals surface area contributed by atoms with Crippen LogP contribution in [0.3, 0.4) is 0 Å². The van der Waals surface area contributed by atoms with Crippen molar-refractivity contribution >= 4 is 5.84 Å². The Kier molecular flexibility index (Phi) is 3.43. The van der Waals surface area contributed by atoms with Crippen molar-refractivity contribution in [1.29, 1.82) is 0 Å². The molecule has 0 radical (unpaired) electrons. The van der Waals surface area contributed by atoms with Gasteiger partial charge in [-0.2, -0.15) is 13.2 Å². The van der Waals surface area contributed by atoms with Crippen molar-refractivity contribution in [3.05, 3.63) is 0 Å². The van der Waals surface area contributed by atoms with Crippen LogP contribution in [0, 0.1) is 5.92 Å². The third-order valence-electron chi connectivity index (χ3n) is 2.51. The fourth-order valence-corrected chi connectivity index (χ4v) is 1.39. The molecule has 88 valence electrons. The smallest absolute Gasteiger partial charge is 0.400 e. The monoisotopic (exact) mass is 225 g/mol. The van der Waals surface area contributed by atoms with E-state index in [-0.39, 0.29) is 12.6 Å². The molecule has 7 heteroatoms. The van der Waals surface area contributed by atoms with E-state index in [9.17, 15) is 13.2 Å². The summed E-state index contributed by atoms with van der Waals surface area (Å²) in [6, 6.07) is 0.210. The molecule has 0 amide bonds. The average molecular weight is 225 g/mol. The van der Waals surface area contributed by atoms with E-state index in [0.717, 1.165) is 12.8 Å². The number of alkyl halides is 3. The number of nitrogens with zero attached hydrogens (tertiary/aromatic N) is 2. The maximum absolute atomic E-state index is 12.5. The van der Waals surface area contributed by atoms with Gasteiger partial charge >= 0.3 is 6.18 Å². The van der Waals surface area contributed by atoms with Gasteiger partial charge in [0.05, 0.1) is 0 Å². The Balaban J connectivity index is 2.64. The number of rotatable bonds is 4. The van der Waals surface area contributed by atoms with E-state index in [1.807, 2.05) is 0 Å². The van der Waals surface area contributed by atoms with Crippen molar-refractivity contribution in [3.8, 4) is 0 Å². The second-order valence-corrected chi connectivity index (χ2v) is 3.79. The summed E-state index contributed by atoms with van der Waals surface area (Å²) < 4.78 is 37.5. The van der Waals surface area contributed by atoms with Gasteiger partial charge in [0.25, 0.3) is 0 Å². The molecule has 1 rings (SSSR count). The lowest BCUT2D eigenvalue weighted by Crippen LogP contribution is -2.43. The van der Waals surface area contributed by atoms with Crippen molar-refractivity contribution in [3.63, 3.8) is 0 Å². The highest BCUT2D eigenvalue weighted by Gasteiger charge is 2.44. The molecule has 0 spiro atoms. The molecule has 0 aromatic rings. The Hall–Kier alpha value is -0.980. The maximum atomic E-state index is 12.5. The molecule has 0 heterocycles. The quantitative estimate of drug-likeness (QED) is 0.325. The van der Waals surface area contributed by atoms with Crippen LogP contribution >= 0.6 is 0 Å². The first-order valence-electron chi connectivity index (χ1n) is 4.60. The van der Waals surface area contributed by atoms with Crippen LogP contribution < -0.4 is 5.73 Å². The predicted octanol–water partition coefficient (Wildman–Crippen LogP) is 1.01. The van der Waals surface area contributed by atoms with E-state index >= 15 is 0 Å². The number of oxime groups is 1. The van der Waals surface area contributed by atoms with E-state index in [4.69, 9.17) is 10.9 Å². The summed E-state index contributed by atoms with van der Waals surface area (Å²) in [7, 11) is 1.61. The van der Waals surface area contributed by atoms with Crippen molar-refractivity contribution in [1.82, 2.24) is 4.90 Å². The third kappa shape index (κ3) is 3.26. The first kappa shape index (κ1) is 12.1. The minimum Gasteiger partial charge on any atom is -0.409 e. The second kappa shape index (κ2) is 4.26. The lowest BCUT2D eigenvalue weighted by molar-refractivity contribution is -0.159. The van der Waals surface area contributed by atoms with Gasteiger partial charge in [0.2, 0.25) is 0 Å². The van der Waals surface area contributed by atoms with Crippen LogP contribution in [0.15, 0.2) is 5.16 Å². The molecule has 1 aliphatic carbocycles. The summed E-state index contributed by atoms with van der Waals surface area (Å²) in [4.78, 5) is 1.59. The Morgan fingerprint density at radius 2 is 2.13 bits per heavy atom. The Morgan fingerprint density at radius 3 is 2.47 bits per heavy atom. The lowest BCUT2D eigenvalue weighted by atomic mass is 10.1. The fourth-order valence-electron chi connectivity index (χ4n) is 1.39. The largest absolute Gasteiger partial charge is 0.409 e. The minimum atomic E-state index is -4.47. The molecule has 15 heavy (non-hydrogen) atoms. The zero-order valence-electron chi connectivity index (χ0n) is 8.33. The van der Waals surface area contributed by atoms with Gasteiger partial charge in [-0.1, -0.05) is 5.16 Å². The van der Waals surface area contributed by atoms with Crippen LogP contribution in [0.4, 0.5) is 13.2 Å². The van der Waals surface area contributed by atoms with Crippen LogP contribution in [-0.4, -0.2) is 41.8 Å². The highest BCUT2D eigenvalue weighted by molar-refractivity contribution is 5.83. The molecule has 3 N–H and O–H groups in total. The van der Waals surface area contributed by atoms with Gasteiger partial charge in [-0.25, -0.2) is 0 Å². The molecule has 0 bridgehead atoms. The van der Waals surface area contributed by atoms with Crippen molar-refractivity contribution in [2.75, 3.05) is 13.6 Å². The zero-order chi connectivity index (χ0) is 11.6. The Labute approximate surface area is 85.5 Å². The predicted molar refractivity (Wildman–Crippen MR) is 48.6 cm³/mol. The topological polar surface area (TPSA) is 61.8 Å². The van der Waals surface area contributed by atoms with E-state index < -0.39 is 17.9 Å². The number of nitrogens with two attached hydrogens (primary N) is 1. The standard InChI is InChI=1S/C8H14F3N3O/c1-14(5-2-3-5)4-6(7(12)13-15)8(9,10)11/h5-6,15H,2-4H2,1H3,(H2,12,13). The lowest BCUT2D eigenvalue weighted by Gasteiger charge is -2.24. The molecule has 1 fully saturated rings. The summed E-state index contributed by atoms with van der Waals surface area (Å²) >= 11 is 0. The highest BCUT2D eigenvalue weighted by atomic mass is 19.4.